The monoisotopic (exact) mass is 755 g/mol. The summed E-state index contributed by atoms with van der Waals surface area (Å²) in [6.45, 7) is 1.38. The lowest BCUT2D eigenvalue weighted by atomic mass is 10.0. The summed E-state index contributed by atoms with van der Waals surface area (Å²) in [6, 6.07) is 20.1. The molecule has 4 rings (SSSR count). The van der Waals surface area contributed by atoms with Gasteiger partial charge in [0, 0.05) is 25.6 Å². The smallest absolute Gasteiger partial charge is 0.422 e. The van der Waals surface area contributed by atoms with E-state index >= 15 is 0 Å². The number of benzene rings is 3. The first-order valence-corrected chi connectivity index (χ1v) is 17.5. The average Bonchev–Trinajstić information content (AvgIpc) is 3.14. The Kier molecular flexibility index (Phi) is 17.9. The van der Waals surface area contributed by atoms with E-state index < -0.39 is 43.3 Å². The van der Waals surface area contributed by atoms with Crippen molar-refractivity contribution in [2.75, 3.05) is 46.0 Å². The summed E-state index contributed by atoms with van der Waals surface area (Å²) >= 11 is 0. The molecule has 0 aromatic heterocycles. The van der Waals surface area contributed by atoms with Crippen molar-refractivity contribution < 1.29 is 55.2 Å². The first kappa shape index (κ1) is 43.1. The standard InChI is InChI=1S/C21H27NO3.C17H20F6N2O3/c1-2-14-22-15-18(23)16-25-21-11-7-6-10-19(21)20(24)13-12-17-8-4-3-5-9-17;18-16(19,20)9-27-12-4-5-14(28-10-17(21,22)23)13(7-12)15(26)25-8-11-3-1-2-6-24-11/h3-11,18,22-23H,2,12-16H2,1H3;4-5,7,11,24H,1-3,6,8-10H2,(H,25,26). The number of rotatable bonds is 18. The minimum atomic E-state index is -4.63. The van der Waals surface area contributed by atoms with Gasteiger partial charge in [-0.2, -0.15) is 26.3 Å². The Morgan fingerprint density at radius 2 is 1.55 bits per heavy atom. The molecule has 15 heteroatoms. The van der Waals surface area contributed by atoms with Crippen LogP contribution in [0.5, 0.6) is 17.2 Å². The summed E-state index contributed by atoms with van der Waals surface area (Å²) in [7, 11) is 0. The predicted molar refractivity (Wildman–Crippen MR) is 188 cm³/mol. The SMILES string of the molecule is CCCNCC(O)COc1ccccc1C(=O)CCc1ccccc1.O=C(NCC1CCCCN1)c1cc(OCC(F)(F)F)ccc1OCC(F)(F)F. The Morgan fingerprint density at radius 1 is 0.868 bits per heavy atom. The van der Waals surface area contributed by atoms with Crippen LogP contribution in [-0.4, -0.2) is 87.3 Å². The predicted octanol–water partition coefficient (Wildman–Crippen LogP) is 6.68. The number of alkyl halides is 6. The maximum atomic E-state index is 12.5. The normalized spacial score (nSPS) is 15.1. The molecule has 3 aromatic rings. The largest absolute Gasteiger partial charge is 0.490 e. The Bertz CT molecular complexity index is 1530. The molecule has 0 bridgehead atoms. The highest BCUT2D eigenvalue weighted by atomic mass is 19.4. The summed E-state index contributed by atoms with van der Waals surface area (Å²) in [5, 5.41) is 18.9. The minimum absolute atomic E-state index is 0.0157. The van der Waals surface area contributed by atoms with Crippen LogP contribution in [0.25, 0.3) is 0 Å². The van der Waals surface area contributed by atoms with E-state index in [1.54, 1.807) is 12.1 Å². The third-order valence-electron chi connectivity index (χ3n) is 7.82. The van der Waals surface area contributed by atoms with Crippen LogP contribution < -0.4 is 30.2 Å². The lowest BCUT2D eigenvalue weighted by Crippen LogP contribution is -2.43. The number of Topliss-reactive ketones (excluding diaryl/α,β-unsaturated/α-hetero) is 1. The number of ketones is 1. The number of ether oxygens (including phenoxy) is 3. The number of hydrogen-bond acceptors (Lipinski definition) is 8. The molecule has 1 fully saturated rings. The van der Waals surface area contributed by atoms with Gasteiger partial charge >= 0.3 is 12.4 Å². The number of halogens is 6. The van der Waals surface area contributed by atoms with E-state index in [1.807, 2.05) is 42.5 Å². The number of nitrogens with one attached hydrogen (secondary N) is 3. The number of aliphatic hydroxyl groups is 1. The highest BCUT2D eigenvalue weighted by Crippen LogP contribution is 2.28. The second-order valence-corrected chi connectivity index (χ2v) is 12.4. The Hall–Kier alpha value is -4.34. The summed E-state index contributed by atoms with van der Waals surface area (Å²) < 4.78 is 89.0. The second-order valence-electron chi connectivity index (χ2n) is 12.4. The van der Waals surface area contributed by atoms with Gasteiger partial charge in [0.25, 0.3) is 5.91 Å². The van der Waals surface area contributed by atoms with Crippen LogP contribution in [0, 0.1) is 0 Å². The van der Waals surface area contributed by atoms with Crippen molar-refractivity contribution in [3.63, 3.8) is 0 Å². The number of carbonyl (C=O) groups is 2. The van der Waals surface area contributed by atoms with Gasteiger partial charge in [0.2, 0.25) is 0 Å². The van der Waals surface area contributed by atoms with E-state index in [1.165, 1.54) is 0 Å². The van der Waals surface area contributed by atoms with E-state index in [-0.39, 0.29) is 36.3 Å². The zero-order valence-corrected chi connectivity index (χ0v) is 29.5. The molecule has 292 valence electrons. The van der Waals surface area contributed by atoms with Gasteiger partial charge < -0.3 is 35.3 Å². The highest BCUT2D eigenvalue weighted by Gasteiger charge is 2.31. The molecule has 1 aliphatic rings. The molecule has 0 saturated carbocycles. The van der Waals surface area contributed by atoms with E-state index in [0.29, 0.717) is 30.7 Å². The van der Waals surface area contributed by atoms with Crippen LogP contribution in [-0.2, 0) is 6.42 Å². The fraction of sp³-hybridized carbons (Fsp3) is 0.474. The molecule has 0 radical (unpaired) electrons. The molecule has 4 N–H and O–H groups in total. The molecule has 0 spiro atoms. The van der Waals surface area contributed by atoms with Gasteiger partial charge in [-0.3, -0.25) is 9.59 Å². The first-order valence-electron chi connectivity index (χ1n) is 17.5. The van der Waals surface area contributed by atoms with Crippen LogP contribution in [0.15, 0.2) is 72.8 Å². The zero-order valence-electron chi connectivity index (χ0n) is 29.5. The molecular formula is C38H47F6N3O6. The summed E-state index contributed by atoms with van der Waals surface area (Å²) in [4.78, 5) is 24.9. The summed E-state index contributed by atoms with van der Waals surface area (Å²) in [6.07, 6.45) is -4.85. The van der Waals surface area contributed by atoms with Gasteiger partial charge in [0.05, 0.1) is 11.1 Å². The van der Waals surface area contributed by atoms with Gasteiger partial charge in [-0.1, -0.05) is 55.8 Å². The number of carbonyl (C=O) groups excluding carboxylic acids is 2. The van der Waals surface area contributed by atoms with Crippen LogP contribution in [0.2, 0.25) is 0 Å². The fourth-order valence-corrected chi connectivity index (χ4v) is 5.19. The van der Waals surface area contributed by atoms with Crippen molar-refractivity contribution in [1.82, 2.24) is 16.0 Å². The molecule has 1 amide bonds. The van der Waals surface area contributed by atoms with Crippen molar-refractivity contribution in [3.05, 3.63) is 89.5 Å². The van der Waals surface area contributed by atoms with Crippen molar-refractivity contribution in [3.8, 4) is 17.2 Å². The molecule has 0 aliphatic carbocycles. The quantitative estimate of drug-likeness (QED) is 0.0646. The van der Waals surface area contributed by atoms with Crippen molar-refractivity contribution >= 4 is 11.7 Å². The van der Waals surface area contributed by atoms with E-state index in [4.69, 9.17) is 4.74 Å². The Labute approximate surface area is 305 Å². The molecule has 1 aliphatic heterocycles. The minimum Gasteiger partial charge on any atom is -0.490 e. The van der Waals surface area contributed by atoms with Gasteiger partial charge in [-0.15, -0.1) is 0 Å². The third-order valence-corrected chi connectivity index (χ3v) is 7.82. The number of aliphatic hydroxyl groups excluding tert-OH is 1. The van der Waals surface area contributed by atoms with Crippen molar-refractivity contribution in [2.24, 2.45) is 0 Å². The first-order chi connectivity index (χ1) is 25.2. The van der Waals surface area contributed by atoms with Crippen molar-refractivity contribution in [2.45, 2.75) is 69.9 Å². The lowest BCUT2D eigenvalue weighted by Gasteiger charge is -2.24. The third kappa shape index (κ3) is 17.4. The van der Waals surface area contributed by atoms with Crippen molar-refractivity contribution in [1.29, 1.82) is 0 Å². The summed E-state index contributed by atoms with van der Waals surface area (Å²) in [5.74, 6) is -0.876. The Balaban J connectivity index is 0.000000287. The van der Waals surface area contributed by atoms with Crippen LogP contribution in [0.3, 0.4) is 0 Å². The van der Waals surface area contributed by atoms with E-state index in [9.17, 15) is 41.0 Å². The number of amides is 1. The second kappa shape index (κ2) is 22.0. The molecule has 53 heavy (non-hydrogen) atoms. The summed E-state index contributed by atoms with van der Waals surface area (Å²) in [5.41, 5.74) is 1.39. The maximum absolute atomic E-state index is 12.5. The van der Waals surface area contributed by atoms with Crippen LogP contribution >= 0.6 is 0 Å². The van der Waals surface area contributed by atoms with E-state index in [0.717, 1.165) is 62.5 Å². The molecule has 2 atom stereocenters. The fourth-order valence-electron chi connectivity index (χ4n) is 5.19. The van der Waals surface area contributed by atoms with Gasteiger partial charge in [-0.05, 0) is 74.7 Å². The number of piperidine rings is 1. The molecule has 1 heterocycles. The molecular weight excluding hydrogens is 708 g/mol. The zero-order chi connectivity index (χ0) is 38.7. The number of hydrogen-bond donors (Lipinski definition) is 4. The number of aryl methyl sites for hydroxylation is 1. The van der Waals surface area contributed by atoms with Crippen LogP contribution in [0.4, 0.5) is 26.3 Å². The van der Waals surface area contributed by atoms with E-state index in [2.05, 4.69) is 32.3 Å². The maximum Gasteiger partial charge on any atom is 0.422 e. The van der Waals surface area contributed by atoms with Gasteiger partial charge in [0.15, 0.2) is 19.0 Å². The van der Waals surface area contributed by atoms with Gasteiger partial charge in [0.1, 0.15) is 30.0 Å². The molecule has 9 nitrogen and oxygen atoms in total. The molecule has 2 unspecified atom stereocenters. The Morgan fingerprint density at radius 3 is 2.23 bits per heavy atom. The van der Waals surface area contributed by atoms with Crippen LogP contribution in [0.1, 0.15) is 65.3 Å². The topological polar surface area (TPSA) is 118 Å². The lowest BCUT2D eigenvalue weighted by molar-refractivity contribution is -0.154. The van der Waals surface area contributed by atoms with Gasteiger partial charge in [-0.25, -0.2) is 0 Å². The number of para-hydroxylation sites is 1. The highest BCUT2D eigenvalue weighted by molar-refractivity contribution is 5.99. The average molecular weight is 756 g/mol. The molecule has 1 saturated heterocycles. The molecule has 3 aromatic carbocycles.